The lowest BCUT2D eigenvalue weighted by atomic mass is 10.1. The van der Waals surface area contributed by atoms with E-state index in [2.05, 4.69) is 167 Å². The minimum Gasteiger partial charge on any atom is -0.462 e. The van der Waals surface area contributed by atoms with Gasteiger partial charge in [0, 0.05) is 19.3 Å². The first-order valence-corrected chi connectivity index (χ1v) is 32.8. The summed E-state index contributed by atoms with van der Waals surface area (Å²) < 4.78 is 16.9. The summed E-state index contributed by atoms with van der Waals surface area (Å²) in [5.41, 5.74) is 0. The molecular weight excluding hydrogens is 985 g/mol. The average molecular weight is 1110 g/mol. The number of esters is 3. The SMILES string of the molecule is CC/C=C\C/C=C\C/C=C\C/C=C\C/C=C\C/C=C\C/C=C\C/C=C\CCCCCCCCC(=O)OCC(COC(=O)CCCCCCC/C=C\CCCCC)OC(=O)CCCCCCCC/C=C\C/C=C\C/C=C\CCCCC. The van der Waals surface area contributed by atoms with Crippen LogP contribution in [0.3, 0.4) is 0 Å². The van der Waals surface area contributed by atoms with E-state index in [0.29, 0.717) is 19.3 Å². The monoisotopic (exact) mass is 1100 g/mol. The van der Waals surface area contributed by atoms with Crippen LogP contribution in [0.2, 0.25) is 0 Å². The zero-order chi connectivity index (χ0) is 57.8. The van der Waals surface area contributed by atoms with Gasteiger partial charge in [0.25, 0.3) is 0 Å². The first-order chi connectivity index (χ1) is 39.5. The third kappa shape index (κ3) is 64.1. The van der Waals surface area contributed by atoms with Gasteiger partial charge >= 0.3 is 17.9 Å². The Kier molecular flexibility index (Phi) is 62.9. The molecule has 0 aromatic carbocycles. The number of unbranched alkanes of at least 4 members (excludes halogenated alkanes) is 23. The lowest BCUT2D eigenvalue weighted by Crippen LogP contribution is -2.30. The highest BCUT2D eigenvalue weighted by molar-refractivity contribution is 5.71. The van der Waals surface area contributed by atoms with Crippen molar-refractivity contribution in [2.24, 2.45) is 0 Å². The fourth-order valence-electron chi connectivity index (χ4n) is 8.64. The van der Waals surface area contributed by atoms with Gasteiger partial charge in [-0.1, -0.05) is 263 Å². The van der Waals surface area contributed by atoms with Gasteiger partial charge in [0.1, 0.15) is 13.2 Å². The molecule has 0 rings (SSSR count). The summed E-state index contributed by atoms with van der Waals surface area (Å²) >= 11 is 0. The summed E-state index contributed by atoms with van der Waals surface area (Å²) in [7, 11) is 0. The van der Waals surface area contributed by atoms with E-state index in [9.17, 15) is 14.4 Å². The highest BCUT2D eigenvalue weighted by Gasteiger charge is 2.19. The maximum absolute atomic E-state index is 12.9. The Hall–Kier alpha value is -4.71. The molecule has 1 unspecified atom stereocenters. The molecule has 452 valence electrons. The van der Waals surface area contributed by atoms with Crippen LogP contribution in [0.4, 0.5) is 0 Å². The van der Waals surface area contributed by atoms with Crippen molar-refractivity contribution >= 4 is 17.9 Å². The zero-order valence-electron chi connectivity index (χ0n) is 51.8. The van der Waals surface area contributed by atoms with Crippen LogP contribution in [0.25, 0.3) is 0 Å². The molecule has 0 aromatic heterocycles. The van der Waals surface area contributed by atoms with Crippen molar-refractivity contribution in [3.05, 3.63) is 146 Å². The van der Waals surface area contributed by atoms with Crippen LogP contribution in [0.15, 0.2) is 146 Å². The van der Waals surface area contributed by atoms with Crippen molar-refractivity contribution in [2.75, 3.05) is 13.2 Å². The second kappa shape index (κ2) is 66.8. The molecule has 0 amide bonds. The average Bonchev–Trinajstić information content (AvgIpc) is 3.46. The van der Waals surface area contributed by atoms with Crippen LogP contribution >= 0.6 is 0 Å². The van der Waals surface area contributed by atoms with Crippen LogP contribution in [-0.4, -0.2) is 37.2 Å². The normalized spacial score (nSPS) is 13.1. The Morgan fingerprint density at radius 1 is 0.263 bits per heavy atom. The molecule has 0 radical (unpaired) electrons. The molecule has 0 aliphatic rings. The van der Waals surface area contributed by atoms with Gasteiger partial charge < -0.3 is 14.2 Å². The Balaban J connectivity index is 4.36. The van der Waals surface area contributed by atoms with Crippen molar-refractivity contribution in [3.8, 4) is 0 Å². The molecule has 0 saturated heterocycles. The van der Waals surface area contributed by atoms with Gasteiger partial charge in [-0.3, -0.25) is 14.4 Å². The molecule has 1 atom stereocenters. The fraction of sp³-hybridized carbons (Fsp3) is 0.635. The first kappa shape index (κ1) is 75.3. The maximum Gasteiger partial charge on any atom is 0.306 e. The van der Waals surface area contributed by atoms with Crippen LogP contribution in [-0.2, 0) is 28.6 Å². The smallest absolute Gasteiger partial charge is 0.306 e. The molecule has 80 heavy (non-hydrogen) atoms. The second-order valence-corrected chi connectivity index (χ2v) is 21.3. The molecule has 0 fully saturated rings. The standard InChI is InChI=1S/C74H120O6/c1-4-7-10-13-16-19-22-25-27-29-31-32-33-34-35-36-37-38-39-40-41-42-44-45-47-49-52-55-58-61-64-67-73(76)79-70-71(69-78-72(75)66-63-60-57-54-51-24-21-18-15-12-9-6-3)80-74(77)68-65-62-59-56-53-50-48-46-43-30-28-26-23-20-17-14-11-8-5-2/h7,10,16-21,25-28,31-32,34-35,37-38,40-41,43-46,71H,4-6,8-9,11-15,22-24,29-30,33,36,39,42,47-70H2,1-3H3/b10-7-,19-16-,20-17-,21-18-,27-25-,28-26-,32-31-,35-34-,38-37-,41-40-,45-44-,46-43-. The lowest BCUT2D eigenvalue weighted by molar-refractivity contribution is -0.167. The topological polar surface area (TPSA) is 78.9 Å². The van der Waals surface area contributed by atoms with Gasteiger partial charge in [-0.2, -0.15) is 0 Å². The van der Waals surface area contributed by atoms with Crippen molar-refractivity contribution in [1.82, 2.24) is 0 Å². The molecule has 0 aromatic rings. The van der Waals surface area contributed by atoms with E-state index in [1.165, 1.54) is 83.5 Å². The van der Waals surface area contributed by atoms with E-state index in [0.717, 1.165) is 161 Å². The van der Waals surface area contributed by atoms with E-state index in [1.807, 2.05) is 0 Å². The maximum atomic E-state index is 12.9. The Morgan fingerprint density at radius 3 is 0.775 bits per heavy atom. The molecule has 6 heteroatoms. The van der Waals surface area contributed by atoms with Crippen molar-refractivity contribution < 1.29 is 28.6 Å². The van der Waals surface area contributed by atoms with E-state index < -0.39 is 6.10 Å². The summed E-state index contributed by atoms with van der Waals surface area (Å²) in [5.74, 6) is -0.933. The van der Waals surface area contributed by atoms with Crippen LogP contribution in [0, 0.1) is 0 Å². The minimum atomic E-state index is -0.801. The molecule has 0 bridgehead atoms. The highest BCUT2D eigenvalue weighted by Crippen LogP contribution is 2.14. The Morgan fingerprint density at radius 2 is 0.487 bits per heavy atom. The van der Waals surface area contributed by atoms with E-state index in [1.54, 1.807) is 0 Å². The van der Waals surface area contributed by atoms with Gasteiger partial charge in [-0.15, -0.1) is 0 Å². The largest absolute Gasteiger partial charge is 0.462 e. The summed E-state index contributed by atoms with van der Waals surface area (Å²) in [4.78, 5) is 38.3. The van der Waals surface area contributed by atoms with E-state index >= 15 is 0 Å². The summed E-state index contributed by atoms with van der Waals surface area (Å²) in [6, 6.07) is 0. The zero-order valence-corrected chi connectivity index (χ0v) is 51.8. The van der Waals surface area contributed by atoms with Crippen LogP contribution in [0.1, 0.15) is 284 Å². The predicted molar refractivity (Wildman–Crippen MR) is 348 cm³/mol. The molecule has 0 saturated carbocycles. The number of ether oxygens (including phenoxy) is 3. The second-order valence-electron chi connectivity index (χ2n) is 21.3. The van der Waals surface area contributed by atoms with E-state index in [4.69, 9.17) is 14.2 Å². The number of rotatable bonds is 58. The number of carbonyl (C=O) groups excluding carboxylic acids is 3. The van der Waals surface area contributed by atoms with Gasteiger partial charge in [0.05, 0.1) is 0 Å². The number of hydrogen-bond acceptors (Lipinski definition) is 6. The number of hydrogen-bond donors (Lipinski definition) is 0. The molecule has 0 aliphatic carbocycles. The summed E-state index contributed by atoms with van der Waals surface area (Å²) in [5, 5.41) is 0. The highest BCUT2D eigenvalue weighted by atomic mass is 16.6. The quantitative estimate of drug-likeness (QED) is 0.0261. The van der Waals surface area contributed by atoms with Gasteiger partial charge in [0.2, 0.25) is 0 Å². The van der Waals surface area contributed by atoms with Crippen molar-refractivity contribution in [2.45, 2.75) is 290 Å². The Labute approximate surface area is 493 Å². The third-order valence-electron chi connectivity index (χ3n) is 13.5. The predicted octanol–water partition coefficient (Wildman–Crippen LogP) is 22.7. The molecular formula is C74H120O6. The molecule has 6 nitrogen and oxygen atoms in total. The molecule has 0 N–H and O–H groups in total. The van der Waals surface area contributed by atoms with Crippen molar-refractivity contribution in [3.63, 3.8) is 0 Å². The van der Waals surface area contributed by atoms with Crippen LogP contribution in [0.5, 0.6) is 0 Å². The minimum absolute atomic E-state index is 0.0966. The number of allylic oxidation sites excluding steroid dienone is 24. The van der Waals surface area contributed by atoms with Crippen molar-refractivity contribution in [1.29, 1.82) is 0 Å². The Bertz CT molecular complexity index is 1750. The molecule has 0 aliphatic heterocycles. The van der Waals surface area contributed by atoms with Gasteiger partial charge in [-0.05, 0) is 148 Å². The summed E-state index contributed by atoms with van der Waals surface area (Å²) in [6.07, 6.45) is 95.6. The van der Waals surface area contributed by atoms with Gasteiger partial charge in [-0.25, -0.2) is 0 Å². The van der Waals surface area contributed by atoms with E-state index in [-0.39, 0.29) is 31.1 Å². The lowest BCUT2D eigenvalue weighted by Gasteiger charge is -2.18. The molecule has 0 spiro atoms. The summed E-state index contributed by atoms with van der Waals surface area (Å²) in [6.45, 7) is 6.45. The first-order valence-electron chi connectivity index (χ1n) is 32.8. The molecule has 0 heterocycles. The third-order valence-corrected chi connectivity index (χ3v) is 13.5. The van der Waals surface area contributed by atoms with Gasteiger partial charge in [0.15, 0.2) is 6.10 Å². The number of carbonyl (C=O) groups is 3. The van der Waals surface area contributed by atoms with Crippen LogP contribution < -0.4 is 0 Å². The fourth-order valence-corrected chi connectivity index (χ4v) is 8.64.